The van der Waals surface area contributed by atoms with Crippen LogP contribution in [0.2, 0.25) is 0 Å². The van der Waals surface area contributed by atoms with Crippen molar-refractivity contribution in [2.75, 3.05) is 13.2 Å². The lowest BCUT2D eigenvalue weighted by atomic mass is 10.0. The number of carbonyl (C=O) groups is 4. The molecule has 12 nitrogen and oxygen atoms in total. The van der Waals surface area contributed by atoms with Gasteiger partial charge in [-0.05, 0) is 62.6 Å². The van der Waals surface area contributed by atoms with Crippen LogP contribution in [0, 0.1) is 0 Å². The second-order valence-electron chi connectivity index (χ2n) is 10.0. The number of phenolic OH excluding ortho intramolecular Hbond substituents is 1. The predicted molar refractivity (Wildman–Crippen MR) is 143 cm³/mol. The van der Waals surface area contributed by atoms with Gasteiger partial charge >= 0.3 is 0 Å². The van der Waals surface area contributed by atoms with E-state index in [1.807, 2.05) is 0 Å². The summed E-state index contributed by atoms with van der Waals surface area (Å²) in [6.45, 7) is 3.81. The fourth-order valence-electron chi connectivity index (χ4n) is 4.47. The Morgan fingerprint density at radius 3 is 2.33 bits per heavy atom. The molecule has 0 radical (unpaired) electrons. The number of fused-ring (bicyclic) bond motifs is 11. The van der Waals surface area contributed by atoms with Gasteiger partial charge in [0.05, 0.1) is 11.7 Å². The van der Waals surface area contributed by atoms with Gasteiger partial charge in [0.25, 0.3) is 5.91 Å². The van der Waals surface area contributed by atoms with Gasteiger partial charge in [0, 0.05) is 25.7 Å². The number of nitrogens with one attached hydrogen (secondary N) is 4. The van der Waals surface area contributed by atoms with E-state index in [1.54, 1.807) is 24.3 Å². The minimum absolute atomic E-state index is 0.0790. The van der Waals surface area contributed by atoms with Gasteiger partial charge < -0.3 is 41.0 Å². The van der Waals surface area contributed by atoms with Crippen LogP contribution < -0.4 is 26.0 Å². The molecule has 214 valence electrons. The largest absolute Gasteiger partial charge is 0.507 e. The minimum Gasteiger partial charge on any atom is -0.507 e. The minimum atomic E-state index is -1.44. The third kappa shape index (κ3) is 7.27. The van der Waals surface area contributed by atoms with Crippen LogP contribution in [0.25, 0.3) is 0 Å². The van der Waals surface area contributed by atoms with Crippen LogP contribution in [0.3, 0.4) is 0 Å². The van der Waals surface area contributed by atoms with E-state index in [4.69, 9.17) is 9.47 Å². The fraction of sp³-hybridized carbons (Fsp3) is 0.429. The van der Waals surface area contributed by atoms with Gasteiger partial charge in [0.1, 0.15) is 35.4 Å². The number of aliphatic hydroxyl groups excluding tert-OH is 1. The van der Waals surface area contributed by atoms with E-state index < -0.39 is 42.0 Å². The van der Waals surface area contributed by atoms with Crippen LogP contribution in [0.4, 0.5) is 0 Å². The molecule has 2 aromatic rings. The van der Waals surface area contributed by atoms with Crippen molar-refractivity contribution in [2.45, 2.75) is 63.4 Å². The average Bonchev–Trinajstić information content (AvgIpc) is 2.93. The molecule has 4 amide bonds. The van der Waals surface area contributed by atoms with E-state index in [9.17, 15) is 29.4 Å². The Balaban J connectivity index is 1.64. The second kappa shape index (κ2) is 12.8. The molecule has 2 aromatic carbocycles. The fourth-order valence-corrected chi connectivity index (χ4v) is 4.47. The van der Waals surface area contributed by atoms with Crippen molar-refractivity contribution in [1.29, 1.82) is 0 Å². The molecule has 3 aliphatic rings. The van der Waals surface area contributed by atoms with Gasteiger partial charge in [0.2, 0.25) is 17.7 Å². The second-order valence-corrected chi connectivity index (χ2v) is 10.0. The summed E-state index contributed by atoms with van der Waals surface area (Å²) in [7, 11) is 0. The van der Waals surface area contributed by atoms with Crippen LogP contribution in [-0.2, 0) is 25.5 Å². The van der Waals surface area contributed by atoms with Crippen molar-refractivity contribution in [2.24, 2.45) is 0 Å². The third-order valence-corrected chi connectivity index (χ3v) is 6.82. The summed E-state index contributed by atoms with van der Waals surface area (Å²) in [5.41, 5.74) is 0.579. The van der Waals surface area contributed by atoms with E-state index in [-0.39, 0.29) is 35.4 Å². The number of phenols is 1. The first-order valence-electron chi connectivity index (χ1n) is 13.2. The van der Waals surface area contributed by atoms with E-state index >= 15 is 0 Å². The number of hydrogen-bond donors (Lipinski definition) is 6. The highest BCUT2D eigenvalue weighted by molar-refractivity contribution is 6.00. The Morgan fingerprint density at radius 1 is 0.975 bits per heavy atom. The van der Waals surface area contributed by atoms with E-state index in [0.29, 0.717) is 31.8 Å². The topological polar surface area (TPSA) is 175 Å². The molecule has 12 heteroatoms. The van der Waals surface area contributed by atoms with Crippen molar-refractivity contribution >= 4 is 23.6 Å². The number of benzene rings is 2. The number of rotatable bonds is 3. The monoisotopic (exact) mass is 554 g/mol. The highest BCUT2D eigenvalue weighted by Gasteiger charge is 2.31. The molecule has 0 spiro atoms. The predicted octanol–water partition coefficient (Wildman–Crippen LogP) is 0.505. The Hall–Kier alpha value is -4.16. The maximum atomic E-state index is 13.2. The van der Waals surface area contributed by atoms with Crippen LogP contribution in [-0.4, -0.2) is 77.3 Å². The molecule has 4 atom stereocenters. The summed E-state index contributed by atoms with van der Waals surface area (Å²) in [6, 6.07) is 7.40. The number of aromatic hydroxyl groups is 1. The molecule has 6 N–H and O–H groups in total. The molecular formula is C28H34N4O8. The first-order chi connectivity index (χ1) is 19.1. The summed E-state index contributed by atoms with van der Waals surface area (Å²) in [5.74, 6) is -2.30. The van der Waals surface area contributed by atoms with Crippen molar-refractivity contribution in [3.63, 3.8) is 0 Å². The normalized spacial score (nSPS) is 23.5. The van der Waals surface area contributed by atoms with E-state index in [0.717, 1.165) is 5.56 Å². The van der Waals surface area contributed by atoms with Gasteiger partial charge in [-0.1, -0.05) is 12.1 Å². The van der Waals surface area contributed by atoms with Crippen LogP contribution in [0.15, 0.2) is 42.5 Å². The van der Waals surface area contributed by atoms with E-state index in [1.165, 1.54) is 32.0 Å². The van der Waals surface area contributed by atoms with Gasteiger partial charge in [-0.15, -0.1) is 0 Å². The van der Waals surface area contributed by atoms with Gasteiger partial charge in [-0.2, -0.15) is 0 Å². The Morgan fingerprint density at radius 2 is 1.65 bits per heavy atom. The van der Waals surface area contributed by atoms with Gasteiger partial charge in [0.15, 0.2) is 0 Å². The molecule has 40 heavy (non-hydrogen) atoms. The van der Waals surface area contributed by atoms with Crippen molar-refractivity contribution in [1.82, 2.24) is 21.3 Å². The highest BCUT2D eigenvalue weighted by Crippen LogP contribution is 2.28. The molecule has 4 bridgehead atoms. The van der Waals surface area contributed by atoms with Gasteiger partial charge in [-0.3, -0.25) is 19.2 Å². The molecule has 0 saturated carbocycles. The van der Waals surface area contributed by atoms with Crippen molar-refractivity contribution in [3.05, 3.63) is 53.6 Å². The maximum Gasteiger partial charge on any atom is 0.255 e. The highest BCUT2D eigenvalue weighted by atomic mass is 16.5. The number of amides is 4. The maximum absolute atomic E-state index is 13.2. The number of ether oxygens (including phenoxy) is 2. The number of aliphatic hydroxyl groups is 1. The molecule has 0 aliphatic carbocycles. The first kappa shape index (κ1) is 28.8. The molecule has 0 aromatic heterocycles. The smallest absolute Gasteiger partial charge is 0.255 e. The molecule has 5 rings (SSSR count). The van der Waals surface area contributed by atoms with Gasteiger partial charge in [-0.25, -0.2) is 0 Å². The molecular weight excluding hydrogens is 520 g/mol. The van der Waals surface area contributed by atoms with Crippen LogP contribution in [0.5, 0.6) is 17.2 Å². The number of carbonyl (C=O) groups excluding carboxylic acids is 4. The summed E-state index contributed by atoms with van der Waals surface area (Å²) in [5, 5.41) is 31.1. The lowest BCUT2D eigenvalue weighted by Crippen LogP contribution is -2.58. The lowest BCUT2D eigenvalue weighted by Gasteiger charge is -2.27. The standard InChI is InChI=1S/C28H34N4O8/c1-15-25(35)31-22(27(37)30-18-9-11-39-12-10-18)13-17-3-5-19(6-4-17)40-20-7-8-23(34)21(14-20)26(36)32-24(16(2)33)28(38)29-15/h3-8,14-16,18,22,24,33-34H,9-13H2,1-2H3,(H,29,38)(H,30,37)(H,31,35)(H,32,36)/t15-,16+,22-,24-/m0/s1. The Kier molecular flexibility index (Phi) is 9.22. The zero-order valence-electron chi connectivity index (χ0n) is 22.3. The molecule has 1 fully saturated rings. The Bertz CT molecular complexity index is 1240. The summed E-state index contributed by atoms with van der Waals surface area (Å²) in [6.07, 6.45) is 0.173. The summed E-state index contributed by atoms with van der Waals surface area (Å²) < 4.78 is 11.2. The van der Waals surface area contributed by atoms with Crippen molar-refractivity contribution < 1.29 is 38.9 Å². The molecule has 3 heterocycles. The summed E-state index contributed by atoms with van der Waals surface area (Å²) in [4.78, 5) is 52.3. The third-order valence-electron chi connectivity index (χ3n) is 6.82. The number of hydrogen-bond acceptors (Lipinski definition) is 8. The molecule has 0 unspecified atom stereocenters. The zero-order valence-corrected chi connectivity index (χ0v) is 22.3. The summed E-state index contributed by atoms with van der Waals surface area (Å²) >= 11 is 0. The average molecular weight is 555 g/mol. The zero-order chi connectivity index (χ0) is 28.8. The SMILES string of the molecule is C[C@@H]1NC(=O)[C@H]([C@@H](C)O)NC(=O)c2cc(ccc2O)Oc2ccc(cc2)C[C@@H](C(=O)NC2CCOCC2)NC1=O. The lowest BCUT2D eigenvalue weighted by molar-refractivity contribution is -0.133. The molecule has 3 aliphatic heterocycles. The van der Waals surface area contributed by atoms with Crippen LogP contribution in [0.1, 0.15) is 42.6 Å². The first-order valence-corrected chi connectivity index (χ1v) is 13.2. The van der Waals surface area contributed by atoms with Crippen LogP contribution >= 0.6 is 0 Å². The van der Waals surface area contributed by atoms with E-state index in [2.05, 4.69) is 21.3 Å². The Labute approximate surface area is 231 Å². The molecule has 1 saturated heterocycles. The quantitative estimate of drug-likeness (QED) is 0.297. The van der Waals surface area contributed by atoms with Crippen molar-refractivity contribution in [3.8, 4) is 17.2 Å².